The molecule has 9 heteroatoms. The van der Waals surface area contributed by atoms with Crippen LogP contribution in [0.5, 0.6) is 5.75 Å². The third kappa shape index (κ3) is 3.45. The van der Waals surface area contributed by atoms with Crippen LogP contribution in [0.2, 0.25) is 0 Å². The van der Waals surface area contributed by atoms with Crippen molar-refractivity contribution in [2.75, 3.05) is 19.5 Å². The number of anilines is 1. The highest BCUT2D eigenvalue weighted by Gasteiger charge is 2.37. The first-order chi connectivity index (χ1) is 14.3. The monoisotopic (exact) mass is 407 g/mol. The van der Waals surface area contributed by atoms with Crippen molar-refractivity contribution in [1.82, 2.24) is 9.88 Å². The summed E-state index contributed by atoms with van der Waals surface area (Å²) < 4.78 is 10.8. The number of aliphatic imine (C=N–C) groups is 1. The van der Waals surface area contributed by atoms with Crippen LogP contribution in [-0.4, -0.2) is 41.8 Å². The fourth-order valence-electron chi connectivity index (χ4n) is 3.31. The van der Waals surface area contributed by atoms with E-state index in [1.54, 1.807) is 63.7 Å². The van der Waals surface area contributed by atoms with Gasteiger partial charge in [-0.1, -0.05) is 0 Å². The van der Waals surface area contributed by atoms with E-state index in [0.717, 1.165) is 5.39 Å². The summed E-state index contributed by atoms with van der Waals surface area (Å²) in [5, 5.41) is 3.56. The van der Waals surface area contributed by atoms with Crippen LogP contribution in [0.25, 0.3) is 11.0 Å². The quantitative estimate of drug-likeness (QED) is 0.685. The number of aromatic nitrogens is 1. The summed E-state index contributed by atoms with van der Waals surface area (Å²) in [6.07, 6.45) is 1.67. The molecule has 4 rings (SSSR count). The van der Waals surface area contributed by atoms with Crippen LogP contribution in [0.3, 0.4) is 0 Å². The van der Waals surface area contributed by atoms with Gasteiger partial charge in [-0.25, -0.2) is 4.99 Å². The minimum atomic E-state index is -0.912. The first-order valence-electron chi connectivity index (χ1n) is 9.26. The predicted octanol–water partition coefficient (Wildman–Crippen LogP) is 2.48. The Balaban J connectivity index is 1.59. The van der Waals surface area contributed by atoms with Crippen LogP contribution in [-0.2, 0) is 10.3 Å². The van der Waals surface area contributed by atoms with Gasteiger partial charge in [0.15, 0.2) is 11.7 Å². The molecule has 0 fully saturated rings. The Bertz CT molecular complexity index is 1190. The summed E-state index contributed by atoms with van der Waals surface area (Å²) in [7, 11) is 3.15. The van der Waals surface area contributed by atoms with Gasteiger partial charge in [-0.3, -0.25) is 19.5 Å². The smallest absolute Gasteiger partial charge is 0.291 e. The van der Waals surface area contributed by atoms with Crippen molar-refractivity contribution in [3.05, 3.63) is 54.0 Å². The molecule has 0 saturated heterocycles. The highest BCUT2D eigenvalue weighted by atomic mass is 16.5. The third-order valence-corrected chi connectivity index (χ3v) is 5.09. The molecule has 2 aromatic heterocycles. The number of nitrogens with one attached hydrogen (secondary N) is 1. The predicted molar refractivity (Wildman–Crippen MR) is 111 cm³/mol. The number of pyridine rings is 1. The molecule has 1 aliphatic heterocycles. The van der Waals surface area contributed by atoms with Gasteiger partial charge in [0.05, 0.1) is 19.2 Å². The van der Waals surface area contributed by atoms with Crippen molar-refractivity contribution in [1.29, 1.82) is 0 Å². The fourth-order valence-corrected chi connectivity index (χ4v) is 3.31. The number of benzene rings is 1. The molecule has 9 nitrogen and oxygen atoms in total. The zero-order valence-corrected chi connectivity index (χ0v) is 16.8. The highest BCUT2D eigenvalue weighted by Crippen LogP contribution is 2.32. The summed E-state index contributed by atoms with van der Waals surface area (Å²) in [5.74, 6) is 0.408. The molecule has 0 aliphatic carbocycles. The zero-order chi connectivity index (χ0) is 21.5. The van der Waals surface area contributed by atoms with Crippen molar-refractivity contribution < 1.29 is 18.7 Å². The number of hydrogen-bond donors (Lipinski definition) is 2. The Morgan fingerprint density at radius 3 is 2.83 bits per heavy atom. The van der Waals surface area contributed by atoms with E-state index in [0.29, 0.717) is 22.7 Å². The average molecular weight is 407 g/mol. The summed E-state index contributed by atoms with van der Waals surface area (Å²) in [6, 6.07) is 10.3. The fraction of sp³-hybridized carbons (Fsp3) is 0.238. The standard InChI is InChI=1S/C21H21N5O4/c1-21(11-18(27)26(2)20(22)25-21)17-10-13(6-7-23-17)24-19(28)16-9-12-8-14(29-3)4-5-15(12)30-16/h4-10H,11H2,1-3H3,(H2,22,25)(H,23,24,28). The van der Waals surface area contributed by atoms with Gasteiger partial charge in [0, 0.05) is 24.3 Å². The van der Waals surface area contributed by atoms with E-state index in [-0.39, 0.29) is 24.0 Å². The third-order valence-electron chi connectivity index (χ3n) is 5.09. The van der Waals surface area contributed by atoms with E-state index in [1.807, 2.05) is 0 Å². The van der Waals surface area contributed by atoms with Crippen LogP contribution in [0, 0.1) is 0 Å². The van der Waals surface area contributed by atoms with Gasteiger partial charge in [-0.2, -0.15) is 0 Å². The van der Waals surface area contributed by atoms with Crippen molar-refractivity contribution >= 4 is 34.4 Å². The Labute approximate surface area is 172 Å². The molecular formula is C21H21N5O4. The van der Waals surface area contributed by atoms with E-state index in [2.05, 4.69) is 15.3 Å². The Morgan fingerprint density at radius 1 is 1.30 bits per heavy atom. The molecule has 3 aromatic rings. The van der Waals surface area contributed by atoms with Crippen molar-refractivity contribution in [3.8, 4) is 5.75 Å². The lowest BCUT2D eigenvalue weighted by Crippen LogP contribution is -2.47. The number of hydrogen-bond acceptors (Lipinski definition) is 7. The number of furan rings is 1. The van der Waals surface area contributed by atoms with Gasteiger partial charge >= 0.3 is 0 Å². The molecule has 0 saturated carbocycles. The number of fused-ring (bicyclic) bond motifs is 1. The molecule has 0 spiro atoms. The summed E-state index contributed by atoms with van der Waals surface area (Å²) in [6.45, 7) is 1.78. The van der Waals surface area contributed by atoms with Gasteiger partial charge < -0.3 is 20.2 Å². The van der Waals surface area contributed by atoms with E-state index < -0.39 is 11.4 Å². The number of amides is 2. The van der Waals surface area contributed by atoms with Gasteiger partial charge in [0.25, 0.3) is 5.91 Å². The summed E-state index contributed by atoms with van der Waals surface area (Å²) in [5.41, 5.74) is 6.57. The van der Waals surface area contributed by atoms with Crippen LogP contribution in [0.15, 0.2) is 52.0 Å². The number of ether oxygens (including phenoxy) is 1. The summed E-state index contributed by atoms with van der Waals surface area (Å²) in [4.78, 5) is 35.0. The van der Waals surface area contributed by atoms with Gasteiger partial charge in [-0.15, -0.1) is 0 Å². The van der Waals surface area contributed by atoms with Gasteiger partial charge in [-0.05, 0) is 43.3 Å². The lowest BCUT2D eigenvalue weighted by atomic mass is 9.91. The molecule has 1 aliphatic rings. The second-order valence-corrected chi connectivity index (χ2v) is 7.27. The first-order valence-corrected chi connectivity index (χ1v) is 9.26. The zero-order valence-electron chi connectivity index (χ0n) is 16.8. The van der Waals surface area contributed by atoms with Crippen LogP contribution in [0.4, 0.5) is 5.69 Å². The maximum atomic E-state index is 12.7. The summed E-state index contributed by atoms with van der Waals surface area (Å²) >= 11 is 0. The minimum absolute atomic E-state index is 0.125. The van der Waals surface area contributed by atoms with Crippen molar-refractivity contribution in [2.45, 2.75) is 18.9 Å². The lowest BCUT2D eigenvalue weighted by molar-refractivity contribution is -0.128. The van der Waals surface area contributed by atoms with E-state index in [4.69, 9.17) is 14.9 Å². The molecular weight excluding hydrogens is 386 g/mol. The molecule has 3 heterocycles. The van der Waals surface area contributed by atoms with Crippen molar-refractivity contribution in [2.24, 2.45) is 10.7 Å². The second-order valence-electron chi connectivity index (χ2n) is 7.27. The largest absolute Gasteiger partial charge is 0.497 e. The van der Waals surface area contributed by atoms with Gasteiger partial charge in [0.1, 0.15) is 16.9 Å². The number of carbonyl (C=O) groups excluding carboxylic acids is 2. The van der Waals surface area contributed by atoms with Crippen LogP contribution < -0.4 is 15.8 Å². The molecule has 30 heavy (non-hydrogen) atoms. The molecule has 3 N–H and O–H groups in total. The molecule has 1 atom stereocenters. The number of guanidine groups is 1. The maximum absolute atomic E-state index is 12.7. The number of nitrogens with two attached hydrogens (primary N) is 1. The first kappa shape index (κ1) is 19.4. The Kier molecular flexibility index (Phi) is 4.65. The van der Waals surface area contributed by atoms with Crippen molar-refractivity contribution in [3.63, 3.8) is 0 Å². The molecule has 1 unspecified atom stereocenters. The van der Waals surface area contributed by atoms with Crippen LogP contribution >= 0.6 is 0 Å². The normalized spacial score (nSPS) is 19.0. The minimum Gasteiger partial charge on any atom is -0.497 e. The number of rotatable bonds is 4. The second kappa shape index (κ2) is 7.18. The van der Waals surface area contributed by atoms with Crippen LogP contribution in [0.1, 0.15) is 29.6 Å². The number of methoxy groups -OCH3 is 1. The van der Waals surface area contributed by atoms with E-state index >= 15 is 0 Å². The molecule has 1 aromatic carbocycles. The van der Waals surface area contributed by atoms with E-state index in [1.165, 1.54) is 4.90 Å². The van der Waals surface area contributed by atoms with Gasteiger partial charge in [0.2, 0.25) is 5.91 Å². The SMILES string of the molecule is COc1ccc2oc(C(=O)Nc3ccnc(C4(C)CC(=O)N(C)C(N)=N4)c3)cc2c1. The Hall–Kier alpha value is -3.88. The van der Waals surface area contributed by atoms with E-state index in [9.17, 15) is 9.59 Å². The highest BCUT2D eigenvalue weighted by molar-refractivity contribution is 6.04. The Morgan fingerprint density at radius 2 is 2.10 bits per heavy atom. The molecule has 0 radical (unpaired) electrons. The molecule has 154 valence electrons. The molecule has 2 amide bonds. The average Bonchev–Trinajstić information content (AvgIpc) is 3.15. The maximum Gasteiger partial charge on any atom is 0.291 e. The molecule has 0 bridgehead atoms. The lowest BCUT2D eigenvalue weighted by Gasteiger charge is -2.32. The number of carbonyl (C=O) groups is 2. The topological polar surface area (TPSA) is 123 Å². The number of nitrogens with zero attached hydrogens (tertiary/aromatic N) is 3.